The van der Waals surface area contributed by atoms with Gasteiger partial charge in [0.25, 0.3) is 0 Å². The Balaban J connectivity index is 3.27. The Morgan fingerprint density at radius 1 is 1.33 bits per heavy atom. The van der Waals surface area contributed by atoms with Gasteiger partial charge in [-0.25, -0.2) is 0 Å². The smallest absolute Gasteiger partial charge is 0.0507 e. The lowest BCUT2D eigenvalue weighted by Crippen LogP contribution is -1.98. The largest absolute Gasteiger partial charge is 0.260 e. The monoisotopic (exact) mass is 199 g/mol. The maximum Gasteiger partial charge on any atom is 0.0507 e. The molecular weight excluding hydrogens is 182 g/mol. The number of nitrogens with zero attached hydrogens (tertiary/aromatic N) is 1. The molecule has 0 amide bonds. The van der Waals surface area contributed by atoms with Crippen LogP contribution in [0.15, 0.2) is 37.6 Å². The first kappa shape index (κ1) is 11.4. The van der Waals surface area contributed by atoms with Crippen LogP contribution in [0.4, 0.5) is 0 Å². The number of allylic oxidation sites excluding steroid dienone is 2. The van der Waals surface area contributed by atoms with Gasteiger partial charge in [0.05, 0.1) is 5.69 Å². The van der Waals surface area contributed by atoms with Gasteiger partial charge in [-0.3, -0.25) is 4.98 Å². The zero-order valence-electron chi connectivity index (χ0n) is 9.40. The first-order valence-corrected chi connectivity index (χ1v) is 5.11. The topological polar surface area (TPSA) is 12.9 Å². The Labute approximate surface area is 91.9 Å². The maximum atomic E-state index is 4.39. The Bertz CT molecular complexity index is 386. The molecule has 1 aromatic rings. The first-order valence-electron chi connectivity index (χ1n) is 5.11. The summed E-state index contributed by atoms with van der Waals surface area (Å²) in [6.07, 6.45) is 9.42. The Kier molecular flexibility index (Phi) is 4.04. The fourth-order valence-electron chi connectivity index (χ4n) is 1.50. The Morgan fingerprint density at radius 3 is 2.60 bits per heavy atom. The first-order chi connectivity index (χ1) is 7.20. The number of hydrogen-bond donors (Lipinski definition) is 0. The fourth-order valence-corrected chi connectivity index (χ4v) is 1.50. The van der Waals surface area contributed by atoms with E-state index in [1.54, 1.807) is 6.08 Å². The van der Waals surface area contributed by atoms with Crippen molar-refractivity contribution >= 4 is 12.2 Å². The highest BCUT2D eigenvalue weighted by Gasteiger charge is 2.07. The Hall–Kier alpha value is -1.63. The van der Waals surface area contributed by atoms with Crippen molar-refractivity contribution in [2.45, 2.75) is 19.8 Å². The summed E-state index contributed by atoms with van der Waals surface area (Å²) in [5.74, 6) is 0.412. The van der Waals surface area contributed by atoms with Gasteiger partial charge in [-0.15, -0.1) is 0 Å². The molecule has 0 saturated carbocycles. The Morgan fingerprint density at radius 2 is 2.07 bits per heavy atom. The van der Waals surface area contributed by atoms with Crippen LogP contribution in [0.3, 0.4) is 0 Å². The summed E-state index contributed by atoms with van der Waals surface area (Å²) in [5.41, 5.74) is 3.35. The van der Waals surface area contributed by atoms with E-state index in [0.29, 0.717) is 5.92 Å². The van der Waals surface area contributed by atoms with E-state index in [1.165, 1.54) is 0 Å². The summed E-state index contributed by atoms with van der Waals surface area (Å²) in [5, 5.41) is 0. The molecule has 0 aromatic carbocycles. The van der Waals surface area contributed by atoms with Gasteiger partial charge in [0.2, 0.25) is 0 Å². The summed E-state index contributed by atoms with van der Waals surface area (Å²) in [4.78, 5) is 4.39. The molecular formula is C14H17N. The average Bonchev–Trinajstić information content (AvgIpc) is 2.25. The quantitative estimate of drug-likeness (QED) is 0.667. The highest BCUT2D eigenvalue weighted by Crippen LogP contribution is 2.22. The van der Waals surface area contributed by atoms with Crippen molar-refractivity contribution in [3.63, 3.8) is 0 Å². The highest BCUT2D eigenvalue weighted by atomic mass is 14.7. The lowest BCUT2D eigenvalue weighted by molar-refractivity contribution is 0.819. The van der Waals surface area contributed by atoms with E-state index in [-0.39, 0.29) is 0 Å². The summed E-state index contributed by atoms with van der Waals surface area (Å²) in [6, 6.07) is 1.99. The minimum Gasteiger partial charge on any atom is -0.260 e. The van der Waals surface area contributed by atoms with Crippen LogP contribution in [0.1, 0.15) is 36.6 Å². The van der Waals surface area contributed by atoms with Gasteiger partial charge >= 0.3 is 0 Å². The lowest BCUT2D eigenvalue weighted by Gasteiger charge is -2.10. The van der Waals surface area contributed by atoms with E-state index in [9.17, 15) is 0 Å². The average molecular weight is 199 g/mol. The van der Waals surface area contributed by atoms with Crippen LogP contribution < -0.4 is 0 Å². The van der Waals surface area contributed by atoms with Crippen molar-refractivity contribution in [1.29, 1.82) is 0 Å². The van der Waals surface area contributed by atoms with E-state index < -0.39 is 0 Å². The van der Waals surface area contributed by atoms with Crippen LogP contribution in [0, 0.1) is 0 Å². The van der Waals surface area contributed by atoms with Crippen LogP contribution in [-0.2, 0) is 0 Å². The molecule has 0 atom stereocenters. The molecule has 0 saturated heterocycles. The molecule has 0 fully saturated rings. The summed E-state index contributed by atoms with van der Waals surface area (Å²) < 4.78 is 0. The van der Waals surface area contributed by atoms with Crippen molar-refractivity contribution in [3.05, 3.63) is 54.4 Å². The van der Waals surface area contributed by atoms with Gasteiger partial charge in [-0.2, -0.15) is 0 Å². The zero-order valence-corrected chi connectivity index (χ0v) is 9.40. The van der Waals surface area contributed by atoms with Gasteiger partial charge in [0.15, 0.2) is 0 Å². The van der Waals surface area contributed by atoms with Crippen LogP contribution >= 0.6 is 0 Å². The molecule has 0 bridgehead atoms. The molecule has 0 aliphatic carbocycles. The minimum atomic E-state index is 0.412. The van der Waals surface area contributed by atoms with E-state index in [4.69, 9.17) is 0 Å². The van der Waals surface area contributed by atoms with Crippen LogP contribution in [0.2, 0.25) is 0 Å². The standard InChI is InChI=1S/C14H17N/c1-5-7-8-12-9-10-15-14(11(3)4)13(12)6-2/h5-11H,1-2H2,3-4H3/b8-7-. The predicted octanol–water partition coefficient (Wildman–Crippen LogP) is 4.05. The summed E-state index contributed by atoms with van der Waals surface area (Å²) in [6.45, 7) is 11.8. The van der Waals surface area contributed by atoms with Gasteiger partial charge in [-0.05, 0) is 17.5 Å². The SMILES string of the molecule is C=C/C=C\c1ccnc(C(C)C)c1C=C. The molecule has 1 aromatic heterocycles. The fraction of sp³-hybridized carbons (Fsp3) is 0.214. The number of rotatable bonds is 4. The maximum absolute atomic E-state index is 4.39. The number of pyridine rings is 1. The molecule has 1 heterocycles. The van der Waals surface area contributed by atoms with Gasteiger partial charge < -0.3 is 0 Å². The molecule has 0 unspecified atom stereocenters. The van der Waals surface area contributed by atoms with Gasteiger partial charge in [0.1, 0.15) is 0 Å². The van der Waals surface area contributed by atoms with Gasteiger partial charge in [0, 0.05) is 11.8 Å². The molecule has 0 aliphatic rings. The normalized spacial score (nSPS) is 10.9. The lowest BCUT2D eigenvalue weighted by atomic mass is 9.99. The molecule has 0 N–H and O–H groups in total. The van der Waals surface area contributed by atoms with E-state index in [2.05, 4.69) is 32.0 Å². The third kappa shape index (κ3) is 2.66. The molecule has 0 radical (unpaired) electrons. The number of hydrogen-bond acceptors (Lipinski definition) is 1. The van der Waals surface area contributed by atoms with Crippen molar-refractivity contribution in [3.8, 4) is 0 Å². The number of aromatic nitrogens is 1. The third-order valence-electron chi connectivity index (χ3n) is 2.22. The molecule has 0 spiro atoms. The summed E-state index contributed by atoms with van der Waals surface area (Å²) in [7, 11) is 0. The zero-order chi connectivity index (χ0) is 11.3. The van der Waals surface area contributed by atoms with Crippen molar-refractivity contribution in [2.75, 3.05) is 0 Å². The molecule has 1 nitrogen and oxygen atoms in total. The van der Waals surface area contributed by atoms with Gasteiger partial charge in [-0.1, -0.05) is 51.3 Å². The molecule has 0 aliphatic heterocycles. The highest BCUT2D eigenvalue weighted by molar-refractivity contribution is 5.66. The summed E-state index contributed by atoms with van der Waals surface area (Å²) >= 11 is 0. The van der Waals surface area contributed by atoms with Crippen molar-refractivity contribution in [1.82, 2.24) is 4.98 Å². The third-order valence-corrected chi connectivity index (χ3v) is 2.22. The molecule has 1 rings (SSSR count). The second-order valence-electron chi connectivity index (χ2n) is 3.65. The molecule has 15 heavy (non-hydrogen) atoms. The van der Waals surface area contributed by atoms with E-state index in [0.717, 1.165) is 16.8 Å². The van der Waals surface area contributed by atoms with E-state index >= 15 is 0 Å². The second-order valence-corrected chi connectivity index (χ2v) is 3.65. The van der Waals surface area contributed by atoms with E-state index in [1.807, 2.05) is 30.5 Å². The molecule has 78 valence electrons. The van der Waals surface area contributed by atoms with Crippen LogP contribution in [-0.4, -0.2) is 4.98 Å². The molecule has 1 heteroatoms. The predicted molar refractivity (Wildman–Crippen MR) is 67.6 cm³/mol. The second kappa shape index (κ2) is 5.30. The van der Waals surface area contributed by atoms with Crippen LogP contribution in [0.25, 0.3) is 12.2 Å². The van der Waals surface area contributed by atoms with Crippen molar-refractivity contribution in [2.24, 2.45) is 0 Å². The van der Waals surface area contributed by atoms with Crippen molar-refractivity contribution < 1.29 is 0 Å². The van der Waals surface area contributed by atoms with Crippen LogP contribution in [0.5, 0.6) is 0 Å². The minimum absolute atomic E-state index is 0.412.